The van der Waals surface area contributed by atoms with Crippen LogP contribution in [-0.4, -0.2) is 45.1 Å². The number of nitrogens with zero attached hydrogens (tertiary/aromatic N) is 5. The number of allylic oxidation sites excluding steroid dienone is 1. The number of benzene rings is 3. The molecule has 1 unspecified atom stereocenters. The van der Waals surface area contributed by atoms with Crippen molar-refractivity contribution < 1.29 is 19.0 Å². The fourth-order valence-electron chi connectivity index (χ4n) is 5.58. The maximum Gasteiger partial charge on any atom is 0.414 e. The molecule has 2 aliphatic rings. The van der Waals surface area contributed by atoms with Crippen LogP contribution in [0.3, 0.4) is 0 Å². The molecule has 0 spiro atoms. The number of aliphatic imine (C=N–C) groups is 1. The van der Waals surface area contributed by atoms with E-state index < -0.39 is 29.2 Å². The Labute approximate surface area is 253 Å². The molecule has 1 N–H and O–H groups in total. The summed E-state index contributed by atoms with van der Waals surface area (Å²) in [6.07, 6.45) is 0.254. The Balaban J connectivity index is 1.43. The maximum absolute atomic E-state index is 14.1. The van der Waals surface area contributed by atoms with Gasteiger partial charge in [-0.3, -0.25) is 5.32 Å². The largest absolute Gasteiger partial charge is 0.497 e. The molecule has 1 aromatic heterocycles. The molecule has 3 heterocycles. The van der Waals surface area contributed by atoms with E-state index in [-0.39, 0.29) is 19.1 Å². The van der Waals surface area contributed by atoms with E-state index in [4.69, 9.17) is 19.2 Å². The van der Waals surface area contributed by atoms with Gasteiger partial charge >= 0.3 is 17.5 Å². The Bertz CT molecular complexity index is 1890. The number of fused-ring (bicyclic) bond motifs is 3. The van der Waals surface area contributed by atoms with Crippen molar-refractivity contribution in [2.45, 2.75) is 38.7 Å². The summed E-state index contributed by atoms with van der Waals surface area (Å²) < 4.78 is 20.5. The number of carbonyl (C=O) groups excluding carboxylic acids is 1. The van der Waals surface area contributed by atoms with E-state index in [0.29, 0.717) is 22.9 Å². The van der Waals surface area contributed by atoms with Crippen molar-refractivity contribution in [3.63, 3.8) is 0 Å². The number of hydrogen-bond acceptors (Lipinski definition) is 8. The topological polar surface area (TPSA) is 121 Å². The van der Waals surface area contributed by atoms with Crippen LogP contribution < -0.4 is 26.2 Å². The molecular formula is C32H32N6O6. The van der Waals surface area contributed by atoms with Gasteiger partial charge in [-0.1, -0.05) is 48.5 Å². The first kappa shape index (κ1) is 28.6. The molecule has 226 valence electrons. The van der Waals surface area contributed by atoms with Crippen molar-refractivity contribution in [3.05, 3.63) is 123 Å². The number of carbonyl (C=O) groups is 1. The van der Waals surface area contributed by atoms with Gasteiger partial charge in [0.25, 0.3) is 0 Å². The molecule has 2 aliphatic heterocycles. The molecule has 0 fully saturated rings. The van der Waals surface area contributed by atoms with E-state index in [0.717, 1.165) is 15.7 Å². The normalized spacial score (nSPS) is 16.4. The lowest BCUT2D eigenvalue weighted by molar-refractivity contribution is 0.140. The predicted molar refractivity (Wildman–Crippen MR) is 163 cm³/mol. The first-order valence-electron chi connectivity index (χ1n) is 14.0. The molecule has 1 amide bonds. The molecular weight excluding hydrogens is 564 g/mol. The minimum Gasteiger partial charge on any atom is -0.497 e. The molecule has 0 saturated carbocycles. The van der Waals surface area contributed by atoms with Crippen molar-refractivity contribution >= 4 is 12.1 Å². The van der Waals surface area contributed by atoms with Gasteiger partial charge in [0.15, 0.2) is 6.17 Å². The quantitative estimate of drug-likeness (QED) is 0.345. The smallest absolute Gasteiger partial charge is 0.414 e. The number of para-hydroxylation sites is 1. The van der Waals surface area contributed by atoms with Crippen LogP contribution in [0.15, 0.2) is 105 Å². The highest BCUT2D eigenvalue weighted by atomic mass is 16.5. The second-order valence-electron chi connectivity index (χ2n) is 10.9. The molecule has 12 heteroatoms. The predicted octanol–water partition coefficient (Wildman–Crippen LogP) is 3.75. The number of ether oxygens (including phenoxy) is 3. The van der Waals surface area contributed by atoms with E-state index in [9.17, 15) is 14.4 Å². The number of amides is 1. The van der Waals surface area contributed by atoms with Crippen LogP contribution in [0.1, 0.15) is 31.1 Å². The summed E-state index contributed by atoms with van der Waals surface area (Å²) in [5.74, 6) is 1.30. The van der Waals surface area contributed by atoms with Gasteiger partial charge in [0.05, 0.1) is 37.7 Å². The summed E-state index contributed by atoms with van der Waals surface area (Å²) in [6.45, 7) is 3.87. The molecule has 1 atom stereocenters. The minimum absolute atomic E-state index is 0.0599. The van der Waals surface area contributed by atoms with Gasteiger partial charge in [0.1, 0.15) is 18.1 Å². The Morgan fingerprint density at radius 1 is 0.932 bits per heavy atom. The third-order valence-corrected chi connectivity index (χ3v) is 7.60. The van der Waals surface area contributed by atoms with Gasteiger partial charge in [-0.25, -0.2) is 33.3 Å². The van der Waals surface area contributed by atoms with Gasteiger partial charge in [0, 0.05) is 11.6 Å². The number of methoxy groups -OCH3 is 2. The van der Waals surface area contributed by atoms with Crippen LogP contribution in [-0.2, 0) is 23.4 Å². The van der Waals surface area contributed by atoms with Crippen LogP contribution in [0.5, 0.6) is 11.5 Å². The molecule has 0 aliphatic carbocycles. The Morgan fingerprint density at radius 2 is 1.64 bits per heavy atom. The van der Waals surface area contributed by atoms with Crippen LogP contribution in [0.4, 0.5) is 4.79 Å². The average molecular weight is 597 g/mol. The highest BCUT2D eigenvalue weighted by Crippen LogP contribution is 2.39. The van der Waals surface area contributed by atoms with Gasteiger partial charge in [0.2, 0.25) is 5.96 Å². The number of hydrogen-bond donors (Lipinski definition) is 1. The van der Waals surface area contributed by atoms with Crippen molar-refractivity contribution in [3.8, 4) is 17.2 Å². The number of nitrogens with one attached hydrogen (secondary N) is 1. The number of rotatable bonds is 7. The first-order chi connectivity index (χ1) is 21.2. The fraction of sp³-hybridized carbons (Fsp3) is 0.250. The maximum atomic E-state index is 14.1. The first-order valence-corrected chi connectivity index (χ1v) is 14.0. The molecule has 0 radical (unpaired) electrons. The van der Waals surface area contributed by atoms with Gasteiger partial charge in [-0.05, 0) is 49.8 Å². The zero-order valence-corrected chi connectivity index (χ0v) is 24.8. The van der Waals surface area contributed by atoms with E-state index in [1.807, 2.05) is 62.4 Å². The van der Waals surface area contributed by atoms with Crippen molar-refractivity contribution in [1.82, 2.24) is 24.1 Å². The second kappa shape index (κ2) is 11.3. The molecule has 3 aromatic carbocycles. The Kier molecular flexibility index (Phi) is 7.33. The molecule has 4 aromatic rings. The summed E-state index contributed by atoms with van der Waals surface area (Å²) in [7, 11) is 3.11. The lowest BCUT2D eigenvalue weighted by Gasteiger charge is -2.36. The van der Waals surface area contributed by atoms with Gasteiger partial charge < -0.3 is 19.1 Å². The fourth-order valence-corrected chi connectivity index (χ4v) is 5.58. The average Bonchev–Trinajstić information content (AvgIpc) is 3.49. The molecule has 44 heavy (non-hydrogen) atoms. The Hall–Kier alpha value is -5.52. The standard InChI is InChI=1S/C32H32N6O6/c1-32(2)18-25-27(37-30(40)36(31(41)38(32)37)23-13-9-6-10-14-23)35(19-22-15-16-24(42-3)17-26(22)43-4)28(33-25)34-29(39)44-20-21-11-7-5-8-12-21/h5-18,27H,19-20H2,1-4H3,(H,33,34,39). The minimum atomic E-state index is -0.918. The molecule has 6 rings (SSSR count). The van der Waals surface area contributed by atoms with Crippen molar-refractivity contribution in [2.24, 2.45) is 4.99 Å². The summed E-state index contributed by atoms with van der Waals surface area (Å²) in [6, 6.07) is 23.4. The number of guanidine groups is 1. The van der Waals surface area contributed by atoms with Crippen LogP contribution in [0.2, 0.25) is 0 Å². The lowest BCUT2D eigenvalue weighted by atomic mass is 10.0. The van der Waals surface area contributed by atoms with Crippen LogP contribution >= 0.6 is 0 Å². The van der Waals surface area contributed by atoms with Crippen molar-refractivity contribution in [1.29, 1.82) is 0 Å². The second-order valence-corrected chi connectivity index (χ2v) is 10.9. The molecule has 12 nitrogen and oxygen atoms in total. The van der Waals surface area contributed by atoms with Gasteiger partial charge in [-0.15, -0.1) is 0 Å². The summed E-state index contributed by atoms with van der Waals surface area (Å²) >= 11 is 0. The van der Waals surface area contributed by atoms with E-state index in [2.05, 4.69) is 5.32 Å². The zero-order valence-electron chi connectivity index (χ0n) is 24.8. The highest BCUT2D eigenvalue weighted by Gasteiger charge is 2.45. The SMILES string of the molecule is COc1ccc(CN2C(NC(=O)OCc3ccccc3)=NC3=CC(C)(C)n4c(=O)n(-c5ccccc5)c(=O)n4C32)c(OC)c1. The van der Waals surface area contributed by atoms with E-state index in [1.54, 1.807) is 55.5 Å². The highest BCUT2D eigenvalue weighted by molar-refractivity contribution is 5.96. The third kappa shape index (κ3) is 5.04. The summed E-state index contributed by atoms with van der Waals surface area (Å²) in [4.78, 5) is 47.5. The monoisotopic (exact) mass is 596 g/mol. The third-order valence-electron chi connectivity index (χ3n) is 7.60. The van der Waals surface area contributed by atoms with E-state index >= 15 is 0 Å². The lowest BCUT2D eigenvalue weighted by Crippen LogP contribution is -2.50. The van der Waals surface area contributed by atoms with Gasteiger partial charge in [-0.2, -0.15) is 0 Å². The Morgan fingerprint density at radius 3 is 2.32 bits per heavy atom. The molecule has 0 bridgehead atoms. The number of aromatic nitrogens is 3. The van der Waals surface area contributed by atoms with E-state index in [1.165, 1.54) is 9.36 Å². The summed E-state index contributed by atoms with van der Waals surface area (Å²) in [5, 5.41) is 2.77. The zero-order chi connectivity index (χ0) is 31.0. The number of alkyl carbamates (subject to hydrolysis) is 1. The van der Waals surface area contributed by atoms with Crippen molar-refractivity contribution in [2.75, 3.05) is 14.2 Å². The molecule has 0 saturated heterocycles. The summed E-state index contributed by atoms with van der Waals surface area (Å²) in [5.41, 5.74) is 0.542. The van der Waals surface area contributed by atoms with Crippen LogP contribution in [0, 0.1) is 0 Å². The van der Waals surface area contributed by atoms with Crippen LogP contribution in [0.25, 0.3) is 5.69 Å².